The fourth-order valence-electron chi connectivity index (χ4n) is 2.64. The van der Waals surface area contributed by atoms with Gasteiger partial charge in [0, 0.05) is 17.6 Å². The van der Waals surface area contributed by atoms with Crippen molar-refractivity contribution >= 4 is 51.4 Å². The Morgan fingerprint density at radius 3 is 2.61 bits per heavy atom. The summed E-state index contributed by atoms with van der Waals surface area (Å²) < 4.78 is 0. The molecule has 1 aliphatic heterocycles. The zero-order valence-corrected chi connectivity index (χ0v) is 16.6. The van der Waals surface area contributed by atoms with E-state index in [1.54, 1.807) is 24.3 Å². The molecule has 0 bridgehead atoms. The number of nitrogens with zero attached hydrogens (tertiary/aromatic N) is 1. The third-order valence-corrected chi connectivity index (χ3v) is 5.40. The van der Waals surface area contributed by atoms with Crippen LogP contribution in [0.2, 0.25) is 0 Å². The van der Waals surface area contributed by atoms with Gasteiger partial charge in [0.05, 0.1) is 16.6 Å². The smallest absolute Gasteiger partial charge is 0.275 e. The minimum atomic E-state index is -0.542. The number of imidazole rings is 1. The summed E-state index contributed by atoms with van der Waals surface area (Å²) in [6, 6.07) is 8.88. The second kappa shape index (κ2) is 7.95. The van der Waals surface area contributed by atoms with Crippen LogP contribution in [0.5, 0.6) is 0 Å². The van der Waals surface area contributed by atoms with Crippen LogP contribution in [0.25, 0.3) is 0 Å². The molecular formula is C19H17ClN4O3S. The number of amides is 2. The average Bonchev–Trinajstić information content (AvgIpc) is 3.38. The van der Waals surface area contributed by atoms with Crippen molar-refractivity contribution < 1.29 is 14.4 Å². The molecule has 28 heavy (non-hydrogen) atoms. The zero-order chi connectivity index (χ0) is 20.3. The van der Waals surface area contributed by atoms with E-state index >= 15 is 0 Å². The van der Waals surface area contributed by atoms with Gasteiger partial charge in [0.25, 0.3) is 11.1 Å². The molecule has 0 fully saturated rings. The molecule has 0 aliphatic carbocycles. The predicted octanol–water partition coefficient (Wildman–Crippen LogP) is 4.02. The fourth-order valence-corrected chi connectivity index (χ4v) is 3.39. The number of rotatable bonds is 3. The van der Waals surface area contributed by atoms with Crippen LogP contribution in [0, 0.1) is 0 Å². The van der Waals surface area contributed by atoms with Crippen LogP contribution in [0.4, 0.5) is 11.4 Å². The molecule has 3 N–H and O–H groups in total. The molecule has 4 rings (SSSR count). The van der Waals surface area contributed by atoms with E-state index in [9.17, 15) is 14.4 Å². The van der Waals surface area contributed by atoms with Crippen molar-refractivity contribution in [2.24, 2.45) is 0 Å². The van der Waals surface area contributed by atoms with Gasteiger partial charge in [-0.15, -0.1) is 11.3 Å². The lowest BCUT2D eigenvalue weighted by atomic mass is 9.86. The first-order chi connectivity index (χ1) is 13.3. The van der Waals surface area contributed by atoms with Crippen molar-refractivity contribution in [3.05, 3.63) is 64.4 Å². The lowest BCUT2D eigenvalue weighted by molar-refractivity contribution is -0.119. The molecule has 1 aliphatic rings. The number of hydrogen-bond donors (Lipinski definition) is 3. The van der Waals surface area contributed by atoms with Gasteiger partial charge in [-0.3, -0.25) is 14.4 Å². The van der Waals surface area contributed by atoms with Crippen molar-refractivity contribution in [3.63, 3.8) is 0 Å². The molecule has 0 radical (unpaired) electrons. The molecular weight excluding hydrogens is 400 g/mol. The van der Waals surface area contributed by atoms with E-state index in [2.05, 4.69) is 20.6 Å². The first-order valence-corrected chi connectivity index (χ1v) is 9.54. The quantitative estimate of drug-likeness (QED) is 0.561. The Labute approximate surface area is 170 Å². The molecule has 0 saturated carbocycles. The van der Waals surface area contributed by atoms with Crippen molar-refractivity contribution in [2.45, 2.75) is 19.3 Å². The first-order valence-electron chi connectivity index (χ1n) is 8.28. The third-order valence-electron chi connectivity index (χ3n) is 4.21. The van der Waals surface area contributed by atoms with Gasteiger partial charge in [0.1, 0.15) is 5.69 Å². The topological polar surface area (TPSA) is 104 Å². The lowest BCUT2D eigenvalue weighted by Crippen LogP contribution is -2.26. The Hall–Kier alpha value is -2.97. The van der Waals surface area contributed by atoms with E-state index in [1.165, 1.54) is 23.9 Å². The summed E-state index contributed by atoms with van der Waals surface area (Å²) in [6.07, 6.45) is 2.97. The van der Waals surface area contributed by atoms with Gasteiger partial charge in [0.15, 0.2) is 0 Å². The van der Waals surface area contributed by atoms with E-state index < -0.39 is 5.41 Å². The fraction of sp³-hybridized carbons (Fsp3) is 0.158. The van der Waals surface area contributed by atoms with Crippen LogP contribution < -0.4 is 10.6 Å². The summed E-state index contributed by atoms with van der Waals surface area (Å²) in [5, 5.41) is 7.01. The molecule has 7 nitrogen and oxygen atoms in total. The van der Waals surface area contributed by atoms with Crippen molar-refractivity contribution in [1.82, 2.24) is 9.97 Å². The molecule has 2 amide bonds. The van der Waals surface area contributed by atoms with Crippen LogP contribution in [0.15, 0.2) is 48.2 Å². The Bertz CT molecular complexity index is 1010. The molecule has 144 valence electrons. The average molecular weight is 417 g/mol. The van der Waals surface area contributed by atoms with Gasteiger partial charge < -0.3 is 15.6 Å². The summed E-state index contributed by atoms with van der Waals surface area (Å²) >= 11 is 6.47. The number of benzene rings is 1. The van der Waals surface area contributed by atoms with Crippen LogP contribution in [-0.2, 0) is 10.2 Å². The normalized spacial score (nSPS) is 13.8. The van der Waals surface area contributed by atoms with Crippen molar-refractivity contribution in [2.75, 3.05) is 10.6 Å². The Kier molecular flexibility index (Phi) is 5.62. The largest absolute Gasteiger partial charge is 0.350 e. The van der Waals surface area contributed by atoms with E-state index in [0.29, 0.717) is 16.3 Å². The highest BCUT2D eigenvalue weighted by atomic mass is 35.5. The minimum absolute atomic E-state index is 0.0386. The summed E-state index contributed by atoms with van der Waals surface area (Å²) in [7, 11) is 0. The standard InChI is InChI=1S/C14H14N4O2.C5H3ClOS/c1-14(2)9-4-3-8(5-10(9)18-13(14)20)17-12(19)11-6-15-7-16-11;6-5(7)4-2-1-3-8-4/h3-7H,1-2H3,(H,15,16)(H,17,19)(H,18,20);1-3H. The predicted molar refractivity (Wildman–Crippen MR) is 109 cm³/mol. The Balaban J connectivity index is 0.000000236. The maximum atomic E-state index is 11.9. The molecule has 0 atom stereocenters. The number of thiophene rings is 1. The van der Waals surface area contributed by atoms with E-state index in [-0.39, 0.29) is 17.1 Å². The molecule has 0 saturated heterocycles. The molecule has 2 aromatic heterocycles. The number of H-pyrrole nitrogens is 1. The third kappa shape index (κ3) is 4.13. The monoisotopic (exact) mass is 416 g/mol. The number of aromatic amines is 1. The van der Waals surface area contributed by atoms with Crippen LogP contribution in [-0.4, -0.2) is 27.0 Å². The number of halogens is 1. The van der Waals surface area contributed by atoms with Gasteiger partial charge in [0.2, 0.25) is 5.91 Å². The van der Waals surface area contributed by atoms with E-state index in [1.807, 2.05) is 25.3 Å². The SMILES string of the molecule is CC1(C)C(=O)Nc2cc(NC(=O)c3c[nH]cn3)ccc21.O=C(Cl)c1cccs1. The number of fused-ring (bicyclic) bond motifs is 1. The molecule has 3 aromatic rings. The lowest BCUT2D eigenvalue weighted by Gasteiger charge is -2.15. The van der Waals surface area contributed by atoms with Gasteiger partial charge in [-0.05, 0) is 54.6 Å². The maximum Gasteiger partial charge on any atom is 0.275 e. The number of nitrogens with one attached hydrogen (secondary N) is 3. The highest BCUT2D eigenvalue weighted by Gasteiger charge is 2.38. The second-order valence-corrected chi connectivity index (χ2v) is 7.79. The van der Waals surface area contributed by atoms with Crippen molar-refractivity contribution in [1.29, 1.82) is 0 Å². The molecule has 1 aromatic carbocycles. The van der Waals surface area contributed by atoms with Gasteiger partial charge in [-0.1, -0.05) is 12.1 Å². The van der Waals surface area contributed by atoms with Crippen LogP contribution in [0.1, 0.15) is 39.6 Å². The number of carbonyl (C=O) groups excluding carboxylic acids is 3. The van der Waals surface area contributed by atoms with Crippen LogP contribution in [0.3, 0.4) is 0 Å². The number of hydrogen-bond acceptors (Lipinski definition) is 5. The number of aromatic nitrogens is 2. The summed E-state index contributed by atoms with van der Waals surface area (Å²) in [4.78, 5) is 41.2. The first kappa shape index (κ1) is 19.8. The minimum Gasteiger partial charge on any atom is -0.350 e. The molecule has 0 unspecified atom stereocenters. The Morgan fingerprint density at radius 2 is 2.04 bits per heavy atom. The number of anilines is 2. The highest BCUT2D eigenvalue weighted by molar-refractivity contribution is 7.13. The van der Waals surface area contributed by atoms with E-state index in [0.717, 1.165) is 11.3 Å². The van der Waals surface area contributed by atoms with Gasteiger partial charge >= 0.3 is 0 Å². The second-order valence-electron chi connectivity index (χ2n) is 6.50. The number of carbonyl (C=O) groups is 3. The summed E-state index contributed by atoms with van der Waals surface area (Å²) in [5.41, 5.74) is 2.06. The zero-order valence-electron chi connectivity index (χ0n) is 15.1. The summed E-state index contributed by atoms with van der Waals surface area (Å²) in [5.74, 6) is -0.335. The van der Waals surface area contributed by atoms with Crippen molar-refractivity contribution in [3.8, 4) is 0 Å². The molecule has 3 heterocycles. The van der Waals surface area contributed by atoms with Gasteiger partial charge in [-0.2, -0.15) is 0 Å². The Morgan fingerprint density at radius 1 is 1.25 bits per heavy atom. The molecule has 9 heteroatoms. The highest BCUT2D eigenvalue weighted by Crippen LogP contribution is 2.38. The summed E-state index contributed by atoms with van der Waals surface area (Å²) in [6.45, 7) is 3.74. The van der Waals surface area contributed by atoms with Crippen LogP contribution >= 0.6 is 22.9 Å². The van der Waals surface area contributed by atoms with Gasteiger partial charge in [-0.25, -0.2) is 4.98 Å². The van der Waals surface area contributed by atoms with E-state index in [4.69, 9.17) is 11.6 Å². The molecule has 0 spiro atoms. The maximum absolute atomic E-state index is 11.9.